The second kappa shape index (κ2) is 9.76. The molecule has 0 radical (unpaired) electrons. The molecule has 1 unspecified atom stereocenters. The van der Waals surface area contributed by atoms with Crippen LogP contribution >= 0.6 is 24.0 Å². The van der Waals surface area contributed by atoms with Gasteiger partial charge in [0.1, 0.15) is 15.9 Å². The maximum absolute atomic E-state index is 12.3. The summed E-state index contributed by atoms with van der Waals surface area (Å²) in [5.74, 6) is 0.837. The minimum atomic E-state index is -2.99. The minimum Gasteiger partial charge on any atom is -0.368 e. The van der Waals surface area contributed by atoms with Gasteiger partial charge >= 0.3 is 0 Å². The first-order valence-corrected chi connectivity index (χ1v) is 10.0. The van der Waals surface area contributed by atoms with Gasteiger partial charge in [-0.3, -0.25) is 9.79 Å². The van der Waals surface area contributed by atoms with Crippen molar-refractivity contribution >= 4 is 45.7 Å². The lowest BCUT2D eigenvalue weighted by atomic mass is 10.2. The molecule has 140 valence electrons. The Morgan fingerprint density at radius 1 is 1.25 bits per heavy atom. The fraction of sp³-hybridized carbons (Fsp3) is 0.857. The van der Waals surface area contributed by atoms with E-state index < -0.39 is 9.84 Å². The summed E-state index contributed by atoms with van der Waals surface area (Å²) in [6, 6.07) is 0. The van der Waals surface area contributed by atoms with Crippen LogP contribution in [-0.4, -0.2) is 94.6 Å². The fourth-order valence-electron chi connectivity index (χ4n) is 2.80. The predicted molar refractivity (Wildman–Crippen MR) is 104 cm³/mol. The van der Waals surface area contributed by atoms with E-state index in [1.165, 1.54) is 6.26 Å². The quantitative estimate of drug-likeness (QED) is 0.337. The molecule has 0 bridgehead atoms. The first kappa shape index (κ1) is 21.4. The molecule has 2 aliphatic heterocycles. The minimum absolute atomic E-state index is 0. The summed E-state index contributed by atoms with van der Waals surface area (Å²) in [6.07, 6.45) is 2.71. The lowest BCUT2D eigenvalue weighted by Gasteiger charge is -2.37. The number of piperazine rings is 1. The number of sulfone groups is 1. The zero-order chi connectivity index (χ0) is 16.9. The van der Waals surface area contributed by atoms with E-state index in [2.05, 4.69) is 10.3 Å². The number of nitrogens with zero attached hydrogens (tertiary/aromatic N) is 3. The van der Waals surface area contributed by atoms with Crippen LogP contribution in [-0.2, 0) is 19.4 Å². The highest BCUT2D eigenvalue weighted by Crippen LogP contribution is 2.16. The highest BCUT2D eigenvalue weighted by atomic mass is 127. The molecule has 2 fully saturated rings. The second-order valence-electron chi connectivity index (χ2n) is 5.92. The molecule has 0 spiro atoms. The Balaban J connectivity index is 0.00000288. The molecule has 1 amide bonds. The van der Waals surface area contributed by atoms with Crippen molar-refractivity contribution in [3.05, 3.63) is 0 Å². The van der Waals surface area contributed by atoms with Gasteiger partial charge in [0.05, 0.1) is 5.75 Å². The number of aliphatic imine (C=N–C) groups is 1. The van der Waals surface area contributed by atoms with Crippen molar-refractivity contribution in [2.75, 3.05) is 58.4 Å². The highest BCUT2D eigenvalue weighted by molar-refractivity contribution is 14.0. The average molecular weight is 474 g/mol. The Morgan fingerprint density at radius 2 is 1.88 bits per heavy atom. The number of hydrogen-bond donors (Lipinski definition) is 1. The van der Waals surface area contributed by atoms with Crippen molar-refractivity contribution < 1.29 is 17.9 Å². The zero-order valence-corrected chi connectivity index (χ0v) is 17.4. The topological polar surface area (TPSA) is 91.3 Å². The lowest BCUT2D eigenvalue weighted by Crippen LogP contribution is -2.55. The van der Waals surface area contributed by atoms with E-state index in [-0.39, 0.29) is 41.7 Å². The van der Waals surface area contributed by atoms with Crippen molar-refractivity contribution in [2.45, 2.75) is 18.9 Å². The Hall–Kier alpha value is -0.620. The molecule has 2 heterocycles. The van der Waals surface area contributed by atoms with E-state index in [0.29, 0.717) is 45.3 Å². The summed E-state index contributed by atoms with van der Waals surface area (Å²) in [5.41, 5.74) is 0. The fourth-order valence-corrected chi connectivity index (χ4v) is 3.27. The van der Waals surface area contributed by atoms with Gasteiger partial charge in [-0.2, -0.15) is 0 Å². The van der Waals surface area contributed by atoms with E-state index >= 15 is 0 Å². The summed E-state index contributed by atoms with van der Waals surface area (Å²) in [7, 11) is -1.32. The number of guanidine groups is 1. The summed E-state index contributed by atoms with van der Waals surface area (Å²) in [4.78, 5) is 20.4. The van der Waals surface area contributed by atoms with E-state index in [0.717, 1.165) is 12.8 Å². The van der Waals surface area contributed by atoms with Crippen LogP contribution < -0.4 is 5.32 Å². The van der Waals surface area contributed by atoms with Crippen molar-refractivity contribution in [3.63, 3.8) is 0 Å². The van der Waals surface area contributed by atoms with Gasteiger partial charge < -0.3 is 19.9 Å². The molecular formula is C14H27IN4O4S. The largest absolute Gasteiger partial charge is 0.368 e. The van der Waals surface area contributed by atoms with Crippen molar-refractivity contribution in [3.8, 4) is 0 Å². The Morgan fingerprint density at radius 3 is 2.38 bits per heavy atom. The van der Waals surface area contributed by atoms with E-state index in [1.807, 2.05) is 9.80 Å². The predicted octanol–water partition coefficient (Wildman–Crippen LogP) is -0.452. The third-order valence-corrected chi connectivity index (χ3v) is 5.01. The molecule has 2 saturated heterocycles. The summed E-state index contributed by atoms with van der Waals surface area (Å²) < 4.78 is 27.8. The first-order valence-electron chi connectivity index (χ1n) is 7.94. The number of carbonyl (C=O) groups excluding carboxylic acids is 1. The molecule has 1 N–H and O–H groups in total. The number of carbonyl (C=O) groups is 1. The van der Waals surface area contributed by atoms with Crippen LogP contribution in [0.25, 0.3) is 0 Å². The van der Waals surface area contributed by atoms with Crippen LogP contribution in [0.3, 0.4) is 0 Å². The number of rotatable bonds is 4. The lowest BCUT2D eigenvalue weighted by molar-refractivity contribution is -0.142. The highest BCUT2D eigenvalue weighted by Gasteiger charge is 2.30. The molecule has 24 heavy (non-hydrogen) atoms. The van der Waals surface area contributed by atoms with Crippen molar-refractivity contribution in [2.24, 2.45) is 4.99 Å². The van der Waals surface area contributed by atoms with Gasteiger partial charge in [-0.1, -0.05) is 0 Å². The van der Waals surface area contributed by atoms with Crippen LogP contribution in [0.4, 0.5) is 0 Å². The molecule has 8 nitrogen and oxygen atoms in total. The van der Waals surface area contributed by atoms with Gasteiger partial charge in [-0.15, -0.1) is 24.0 Å². The van der Waals surface area contributed by atoms with Gasteiger partial charge in [0, 0.05) is 52.6 Å². The van der Waals surface area contributed by atoms with Gasteiger partial charge in [0.15, 0.2) is 5.96 Å². The van der Waals surface area contributed by atoms with Crippen LogP contribution in [0.1, 0.15) is 12.8 Å². The van der Waals surface area contributed by atoms with E-state index in [4.69, 9.17) is 4.74 Å². The molecule has 2 rings (SSSR count). The van der Waals surface area contributed by atoms with E-state index in [1.54, 1.807) is 7.05 Å². The van der Waals surface area contributed by atoms with Crippen molar-refractivity contribution in [1.29, 1.82) is 0 Å². The molecule has 0 aromatic carbocycles. The van der Waals surface area contributed by atoms with Crippen LogP contribution in [0.5, 0.6) is 0 Å². The molecule has 2 aliphatic rings. The number of nitrogens with one attached hydrogen (secondary N) is 1. The number of halogens is 1. The SMILES string of the molecule is CN=C(NCCS(C)(=O)=O)N1CCN(C(=O)C2CCCO2)CC1.I. The molecule has 0 aromatic rings. The Kier molecular flexibility index (Phi) is 8.71. The third-order valence-electron chi connectivity index (χ3n) is 4.06. The second-order valence-corrected chi connectivity index (χ2v) is 8.18. The maximum atomic E-state index is 12.3. The average Bonchev–Trinajstić information content (AvgIpc) is 3.04. The van der Waals surface area contributed by atoms with Crippen molar-refractivity contribution in [1.82, 2.24) is 15.1 Å². The third kappa shape index (κ3) is 6.36. The summed E-state index contributed by atoms with van der Waals surface area (Å²) in [6.45, 7) is 3.62. The van der Waals surface area contributed by atoms with Gasteiger partial charge in [-0.05, 0) is 12.8 Å². The molecule has 0 saturated carbocycles. The van der Waals surface area contributed by atoms with E-state index in [9.17, 15) is 13.2 Å². The zero-order valence-electron chi connectivity index (χ0n) is 14.2. The molecule has 10 heteroatoms. The van der Waals surface area contributed by atoms with Gasteiger partial charge in [-0.25, -0.2) is 8.42 Å². The standard InChI is InChI=1S/C14H26N4O4S.HI/c1-15-14(16-5-11-23(2,20)21)18-8-6-17(7-9-18)13(19)12-4-3-10-22-12;/h12H,3-11H2,1-2H3,(H,15,16);1H. The molecular weight excluding hydrogens is 447 g/mol. The molecule has 0 aromatic heterocycles. The first-order chi connectivity index (χ1) is 10.9. The Bertz CT molecular complexity index is 541. The van der Waals surface area contributed by atoms with Gasteiger partial charge in [0.2, 0.25) is 0 Å². The van der Waals surface area contributed by atoms with Gasteiger partial charge in [0.25, 0.3) is 5.91 Å². The molecule has 1 atom stereocenters. The maximum Gasteiger partial charge on any atom is 0.251 e. The molecule has 0 aliphatic carbocycles. The Labute approximate surface area is 160 Å². The van der Waals surface area contributed by atoms with Crippen LogP contribution in [0.15, 0.2) is 4.99 Å². The summed E-state index contributed by atoms with van der Waals surface area (Å²) >= 11 is 0. The van der Waals surface area contributed by atoms with Crippen LogP contribution in [0, 0.1) is 0 Å². The smallest absolute Gasteiger partial charge is 0.251 e. The summed E-state index contributed by atoms with van der Waals surface area (Å²) in [5, 5.41) is 3.06. The van der Waals surface area contributed by atoms with Crippen LogP contribution in [0.2, 0.25) is 0 Å². The number of amides is 1. The monoisotopic (exact) mass is 474 g/mol. The number of ether oxygens (including phenoxy) is 1. The number of hydrogen-bond acceptors (Lipinski definition) is 5. The normalized spacial score (nSPS) is 22.2.